The van der Waals surface area contributed by atoms with Crippen molar-refractivity contribution in [2.24, 2.45) is 0 Å². The van der Waals surface area contributed by atoms with E-state index in [9.17, 15) is 19.8 Å². The van der Waals surface area contributed by atoms with Gasteiger partial charge in [0.15, 0.2) is 0 Å². The number of carbonyl (C=O) groups is 2. The molecular formula is C14H12N2O5. The van der Waals surface area contributed by atoms with Crippen molar-refractivity contribution in [2.45, 2.75) is 0 Å². The Morgan fingerprint density at radius 1 is 1.00 bits per heavy atom. The summed E-state index contributed by atoms with van der Waals surface area (Å²) in [6.45, 7) is 0. The van der Waals surface area contributed by atoms with Gasteiger partial charge in [-0.05, 0) is 30.3 Å². The highest BCUT2D eigenvalue weighted by atomic mass is 16.4. The van der Waals surface area contributed by atoms with E-state index < -0.39 is 11.9 Å². The predicted octanol–water partition coefficient (Wildman–Crippen LogP) is 1.63. The summed E-state index contributed by atoms with van der Waals surface area (Å²) in [4.78, 5) is 23.1. The monoisotopic (exact) mass is 288 g/mol. The van der Waals surface area contributed by atoms with Crippen molar-refractivity contribution < 1.29 is 24.9 Å². The maximum absolute atomic E-state index is 12.0. The van der Waals surface area contributed by atoms with E-state index in [1.54, 1.807) is 0 Å². The maximum atomic E-state index is 12.0. The second-order valence-electron chi connectivity index (χ2n) is 4.30. The highest BCUT2D eigenvalue weighted by Gasteiger charge is 2.15. The molecule has 2 aromatic carbocycles. The Bertz CT molecular complexity index is 707. The Labute approximate surface area is 119 Å². The molecule has 0 saturated heterocycles. The molecule has 0 heterocycles. The van der Waals surface area contributed by atoms with Crippen LogP contribution in [0.5, 0.6) is 11.5 Å². The van der Waals surface area contributed by atoms with Gasteiger partial charge in [0.1, 0.15) is 11.5 Å². The first-order chi connectivity index (χ1) is 9.86. The molecule has 0 aromatic heterocycles. The molecule has 0 aliphatic heterocycles. The van der Waals surface area contributed by atoms with Gasteiger partial charge in [-0.2, -0.15) is 0 Å². The zero-order valence-corrected chi connectivity index (χ0v) is 10.7. The van der Waals surface area contributed by atoms with Crippen LogP contribution in [0.2, 0.25) is 0 Å². The molecular weight excluding hydrogens is 276 g/mol. The molecule has 108 valence electrons. The van der Waals surface area contributed by atoms with E-state index in [1.165, 1.54) is 18.2 Å². The summed E-state index contributed by atoms with van der Waals surface area (Å²) >= 11 is 0. The summed E-state index contributed by atoms with van der Waals surface area (Å²) in [5.74, 6) is -2.48. The number of phenolic OH excluding ortho intramolecular Hbond substituents is 2. The molecule has 2 aromatic rings. The molecule has 6 N–H and O–H groups in total. The number of carboxylic acids is 1. The van der Waals surface area contributed by atoms with Gasteiger partial charge in [-0.25, -0.2) is 4.79 Å². The summed E-state index contributed by atoms with van der Waals surface area (Å²) in [6, 6.07) is 7.33. The number of hydrogen-bond donors (Lipinski definition) is 5. The van der Waals surface area contributed by atoms with Crippen LogP contribution in [0.4, 0.5) is 11.4 Å². The molecule has 0 fully saturated rings. The SMILES string of the molecule is Nc1ccc(C(=O)O)c(NC(=O)c2cc(O)cc(O)c2)c1. The van der Waals surface area contributed by atoms with E-state index in [0.29, 0.717) is 0 Å². The first-order valence-corrected chi connectivity index (χ1v) is 5.84. The van der Waals surface area contributed by atoms with Crippen LogP contribution in [-0.4, -0.2) is 27.2 Å². The summed E-state index contributed by atoms with van der Waals surface area (Å²) in [6.07, 6.45) is 0. The highest BCUT2D eigenvalue weighted by molar-refractivity contribution is 6.08. The minimum atomic E-state index is -1.22. The molecule has 0 unspecified atom stereocenters. The number of aromatic hydroxyl groups is 2. The van der Waals surface area contributed by atoms with Crippen molar-refractivity contribution in [3.63, 3.8) is 0 Å². The third-order valence-electron chi connectivity index (χ3n) is 2.69. The molecule has 0 bridgehead atoms. The molecule has 2 rings (SSSR count). The molecule has 7 heteroatoms. The van der Waals surface area contributed by atoms with Gasteiger partial charge in [0.05, 0.1) is 11.3 Å². The number of nitrogens with two attached hydrogens (primary N) is 1. The van der Waals surface area contributed by atoms with E-state index in [0.717, 1.165) is 18.2 Å². The van der Waals surface area contributed by atoms with Gasteiger partial charge < -0.3 is 26.4 Å². The van der Waals surface area contributed by atoms with Crippen LogP contribution in [-0.2, 0) is 0 Å². The van der Waals surface area contributed by atoms with Gasteiger partial charge in [0.2, 0.25) is 0 Å². The lowest BCUT2D eigenvalue weighted by molar-refractivity contribution is 0.0698. The first-order valence-electron chi connectivity index (χ1n) is 5.84. The number of nitrogen functional groups attached to an aromatic ring is 1. The Morgan fingerprint density at radius 3 is 2.19 bits per heavy atom. The fraction of sp³-hybridized carbons (Fsp3) is 0. The third kappa shape index (κ3) is 3.21. The normalized spacial score (nSPS) is 10.1. The quantitative estimate of drug-likeness (QED) is 0.545. The predicted molar refractivity (Wildman–Crippen MR) is 75.5 cm³/mol. The summed E-state index contributed by atoms with van der Waals surface area (Å²) in [5, 5.41) is 30.1. The van der Waals surface area contributed by atoms with Crippen molar-refractivity contribution in [1.29, 1.82) is 0 Å². The summed E-state index contributed by atoms with van der Waals surface area (Å²) < 4.78 is 0. The van der Waals surface area contributed by atoms with E-state index in [4.69, 9.17) is 10.8 Å². The summed E-state index contributed by atoms with van der Waals surface area (Å²) in [5.41, 5.74) is 5.73. The first kappa shape index (κ1) is 14.2. The molecule has 0 saturated carbocycles. The van der Waals surface area contributed by atoms with Crippen LogP contribution < -0.4 is 11.1 Å². The Morgan fingerprint density at radius 2 is 1.62 bits per heavy atom. The number of carbonyl (C=O) groups excluding carboxylic acids is 1. The zero-order chi connectivity index (χ0) is 15.6. The number of aromatic carboxylic acids is 1. The van der Waals surface area contributed by atoms with Gasteiger partial charge in [-0.15, -0.1) is 0 Å². The fourth-order valence-corrected chi connectivity index (χ4v) is 1.77. The second-order valence-corrected chi connectivity index (χ2v) is 4.30. The van der Waals surface area contributed by atoms with Gasteiger partial charge in [-0.3, -0.25) is 4.79 Å². The van der Waals surface area contributed by atoms with Crippen LogP contribution in [0.15, 0.2) is 36.4 Å². The minimum absolute atomic E-state index is 0.0220. The number of anilines is 2. The average Bonchev–Trinajstić information content (AvgIpc) is 2.37. The molecule has 0 atom stereocenters. The fourth-order valence-electron chi connectivity index (χ4n) is 1.77. The molecule has 0 aliphatic rings. The average molecular weight is 288 g/mol. The van der Waals surface area contributed by atoms with Crippen molar-refractivity contribution in [2.75, 3.05) is 11.1 Å². The van der Waals surface area contributed by atoms with Crippen molar-refractivity contribution in [3.05, 3.63) is 47.5 Å². The number of nitrogens with one attached hydrogen (secondary N) is 1. The Kier molecular flexibility index (Phi) is 3.66. The van der Waals surface area contributed by atoms with Crippen LogP contribution in [0.25, 0.3) is 0 Å². The van der Waals surface area contributed by atoms with Gasteiger partial charge in [0.25, 0.3) is 5.91 Å². The van der Waals surface area contributed by atoms with E-state index in [-0.39, 0.29) is 34.0 Å². The van der Waals surface area contributed by atoms with Crippen molar-refractivity contribution in [3.8, 4) is 11.5 Å². The smallest absolute Gasteiger partial charge is 0.337 e. The van der Waals surface area contributed by atoms with Crippen LogP contribution >= 0.6 is 0 Å². The lowest BCUT2D eigenvalue weighted by Gasteiger charge is -2.10. The van der Waals surface area contributed by atoms with Crippen LogP contribution in [0.3, 0.4) is 0 Å². The van der Waals surface area contributed by atoms with Crippen molar-refractivity contribution >= 4 is 23.3 Å². The van der Waals surface area contributed by atoms with E-state index in [2.05, 4.69) is 5.32 Å². The Balaban J connectivity index is 2.35. The van der Waals surface area contributed by atoms with Gasteiger partial charge in [-0.1, -0.05) is 0 Å². The lowest BCUT2D eigenvalue weighted by atomic mass is 10.1. The third-order valence-corrected chi connectivity index (χ3v) is 2.69. The molecule has 0 aliphatic carbocycles. The maximum Gasteiger partial charge on any atom is 0.337 e. The lowest BCUT2D eigenvalue weighted by Crippen LogP contribution is -2.15. The van der Waals surface area contributed by atoms with Gasteiger partial charge in [0, 0.05) is 17.3 Å². The number of carboxylic acid groups (broad SMARTS) is 1. The molecule has 1 amide bonds. The van der Waals surface area contributed by atoms with E-state index in [1.807, 2.05) is 0 Å². The highest BCUT2D eigenvalue weighted by Crippen LogP contribution is 2.23. The Hall–Kier alpha value is -3.22. The second kappa shape index (κ2) is 5.41. The number of benzene rings is 2. The van der Waals surface area contributed by atoms with Crippen LogP contribution in [0.1, 0.15) is 20.7 Å². The number of amides is 1. The number of rotatable bonds is 3. The number of hydrogen-bond acceptors (Lipinski definition) is 5. The molecule has 0 radical (unpaired) electrons. The van der Waals surface area contributed by atoms with Crippen molar-refractivity contribution in [1.82, 2.24) is 0 Å². The topological polar surface area (TPSA) is 133 Å². The minimum Gasteiger partial charge on any atom is -0.508 e. The number of phenols is 2. The zero-order valence-electron chi connectivity index (χ0n) is 10.7. The van der Waals surface area contributed by atoms with Gasteiger partial charge >= 0.3 is 5.97 Å². The van der Waals surface area contributed by atoms with E-state index >= 15 is 0 Å². The molecule has 21 heavy (non-hydrogen) atoms. The molecule has 0 spiro atoms. The standard InChI is InChI=1S/C14H12N2O5/c15-8-1-2-11(14(20)21)12(5-8)16-13(19)7-3-9(17)6-10(18)4-7/h1-6,17-18H,15H2,(H,16,19)(H,20,21). The molecule has 7 nitrogen and oxygen atoms in total. The largest absolute Gasteiger partial charge is 0.508 e. The summed E-state index contributed by atoms with van der Waals surface area (Å²) in [7, 11) is 0. The van der Waals surface area contributed by atoms with Crippen LogP contribution in [0, 0.1) is 0 Å².